The summed E-state index contributed by atoms with van der Waals surface area (Å²) < 4.78 is 0. The van der Waals surface area contributed by atoms with E-state index in [-0.39, 0.29) is 16.7 Å². The molecule has 0 amide bonds. The molecular weight excluding hydrogens is 376 g/mol. The third-order valence-corrected chi connectivity index (χ3v) is 8.48. The number of nitro benzene ring substituents is 1. The molecule has 2 N–H and O–H groups in total. The van der Waals surface area contributed by atoms with Crippen LogP contribution >= 0.6 is 0 Å². The molecule has 1 aromatic rings. The Morgan fingerprint density at radius 1 is 1.10 bits per heavy atom. The lowest BCUT2D eigenvalue weighted by molar-refractivity contribution is -0.384. The largest absolute Gasteiger partial charge is 0.376 e. The van der Waals surface area contributed by atoms with E-state index in [1.165, 1.54) is 38.5 Å². The molecule has 30 heavy (non-hydrogen) atoms. The molecule has 4 saturated carbocycles. The summed E-state index contributed by atoms with van der Waals surface area (Å²) in [7, 11) is 0. The standard InChI is InChI=1S/C24H36N4O2/c1-15-13-27(14-16(2)25-15)21-4-5-23(28(29)30)22(9-21)26-17(3)24-10-18-6-19(11-24)8-20(7-18)12-24/h4-5,9,15-20,25-26H,6-8,10-14H2,1-3H3/t15-,16-,17-,18?,19?,20?,24?/m0/s1. The number of benzene rings is 1. The molecule has 6 heteroatoms. The van der Waals surface area contributed by atoms with Crippen molar-refractivity contribution >= 4 is 17.1 Å². The van der Waals surface area contributed by atoms with Gasteiger partial charge in [-0.3, -0.25) is 10.1 Å². The zero-order valence-corrected chi connectivity index (χ0v) is 18.6. The summed E-state index contributed by atoms with van der Waals surface area (Å²) in [4.78, 5) is 13.9. The third-order valence-electron chi connectivity index (χ3n) is 8.48. The number of anilines is 2. The number of hydrogen-bond acceptors (Lipinski definition) is 5. The predicted octanol–water partition coefficient (Wildman–Crippen LogP) is 4.80. The molecule has 1 aromatic carbocycles. The van der Waals surface area contributed by atoms with Gasteiger partial charge in [-0.2, -0.15) is 0 Å². The monoisotopic (exact) mass is 412 g/mol. The highest BCUT2D eigenvalue weighted by molar-refractivity contribution is 5.69. The van der Waals surface area contributed by atoms with Crippen LogP contribution in [0.15, 0.2) is 18.2 Å². The van der Waals surface area contributed by atoms with Crippen molar-refractivity contribution in [1.29, 1.82) is 0 Å². The Morgan fingerprint density at radius 3 is 2.20 bits per heavy atom. The zero-order chi connectivity index (χ0) is 21.0. The minimum atomic E-state index is -0.235. The highest BCUT2D eigenvalue weighted by atomic mass is 16.6. The van der Waals surface area contributed by atoms with Gasteiger partial charge in [0.25, 0.3) is 5.69 Å². The topological polar surface area (TPSA) is 70.4 Å². The molecule has 6 rings (SSSR count). The highest BCUT2D eigenvalue weighted by Crippen LogP contribution is 2.61. The molecule has 0 unspecified atom stereocenters. The van der Waals surface area contributed by atoms with Crippen LogP contribution in [0, 0.1) is 33.3 Å². The van der Waals surface area contributed by atoms with E-state index in [0.29, 0.717) is 23.2 Å². The van der Waals surface area contributed by atoms with Gasteiger partial charge in [0.1, 0.15) is 5.69 Å². The molecular formula is C24H36N4O2. The van der Waals surface area contributed by atoms with E-state index in [9.17, 15) is 10.1 Å². The molecule has 0 radical (unpaired) electrons. The van der Waals surface area contributed by atoms with Crippen LogP contribution in [0.3, 0.4) is 0 Å². The maximum Gasteiger partial charge on any atom is 0.292 e. The normalized spacial score (nSPS) is 38.5. The molecule has 5 fully saturated rings. The minimum Gasteiger partial charge on any atom is -0.376 e. The van der Waals surface area contributed by atoms with E-state index in [2.05, 4.69) is 36.3 Å². The number of piperazine rings is 1. The molecule has 4 aliphatic carbocycles. The van der Waals surface area contributed by atoms with Crippen LogP contribution in [0.5, 0.6) is 0 Å². The SMILES string of the molecule is C[C@H](Nc1cc(N2C[C@H](C)N[C@@H](C)C2)ccc1[N+](=O)[O-])C12CC3CC(CC(C3)C1)C2. The Kier molecular flexibility index (Phi) is 4.96. The Balaban J connectivity index is 1.41. The second-order valence-corrected chi connectivity index (χ2v) is 11.0. The van der Waals surface area contributed by atoms with Crippen molar-refractivity contribution in [2.24, 2.45) is 23.2 Å². The van der Waals surface area contributed by atoms with Gasteiger partial charge in [0.2, 0.25) is 0 Å². The van der Waals surface area contributed by atoms with E-state index < -0.39 is 0 Å². The molecule has 6 nitrogen and oxygen atoms in total. The fourth-order valence-corrected chi connectivity index (χ4v) is 7.63. The molecule has 5 aliphatic rings. The molecule has 0 aromatic heterocycles. The average molecular weight is 413 g/mol. The number of hydrogen-bond donors (Lipinski definition) is 2. The minimum absolute atomic E-state index is 0.201. The number of nitrogens with one attached hydrogen (secondary N) is 2. The van der Waals surface area contributed by atoms with Crippen LogP contribution in [-0.2, 0) is 0 Å². The second kappa shape index (κ2) is 7.40. The predicted molar refractivity (Wildman–Crippen MR) is 121 cm³/mol. The summed E-state index contributed by atoms with van der Waals surface area (Å²) in [6.45, 7) is 8.52. The van der Waals surface area contributed by atoms with Gasteiger partial charge in [-0.15, -0.1) is 0 Å². The summed E-state index contributed by atoms with van der Waals surface area (Å²) in [6, 6.07) is 6.73. The van der Waals surface area contributed by atoms with Crippen molar-refractivity contribution < 1.29 is 4.92 Å². The van der Waals surface area contributed by atoms with E-state index in [1.54, 1.807) is 6.07 Å². The van der Waals surface area contributed by atoms with Crippen molar-refractivity contribution in [2.75, 3.05) is 23.3 Å². The van der Waals surface area contributed by atoms with Crippen molar-refractivity contribution in [2.45, 2.75) is 77.4 Å². The summed E-state index contributed by atoms with van der Waals surface area (Å²) in [6.07, 6.45) is 8.15. The van der Waals surface area contributed by atoms with Crippen LogP contribution < -0.4 is 15.5 Å². The number of nitro groups is 1. The average Bonchev–Trinajstić information content (AvgIpc) is 2.66. The first-order valence-electron chi connectivity index (χ1n) is 11.9. The van der Waals surface area contributed by atoms with Crippen LogP contribution in [0.1, 0.15) is 59.3 Å². The summed E-state index contributed by atoms with van der Waals surface area (Å²) in [5.74, 6) is 2.64. The van der Waals surface area contributed by atoms with Gasteiger partial charge >= 0.3 is 0 Å². The molecule has 3 atom stereocenters. The van der Waals surface area contributed by atoms with Gasteiger partial charge in [0.05, 0.1) is 4.92 Å². The van der Waals surface area contributed by atoms with E-state index >= 15 is 0 Å². The maximum atomic E-state index is 11.8. The van der Waals surface area contributed by atoms with Crippen LogP contribution in [0.2, 0.25) is 0 Å². The highest BCUT2D eigenvalue weighted by Gasteiger charge is 2.53. The van der Waals surface area contributed by atoms with E-state index in [4.69, 9.17) is 0 Å². The Morgan fingerprint density at radius 2 is 1.67 bits per heavy atom. The van der Waals surface area contributed by atoms with Crippen LogP contribution in [0.4, 0.5) is 17.1 Å². The van der Waals surface area contributed by atoms with Gasteiger partial charge in [0.15, 0.2) is 0 Å². The first-order chi connectivity index (χ1) is 14.3. The summed E-state index contributed by atoms with van der Waals surface area (Å²) in [5, 5.41) is 19.0. The summed E-state index contributed by atoms with van der Waals surface area (Å²) >= 11 is 0. The lowest BCUT2D eigenvalue weighted by Crippen LogP contribution is -2.54. The summed E-state index contributed by atoms with van der Waals surface area (Å²) in [5.41, 5.74) is 2.30. The second-order valence-electron chi connectivity index (χ2n) is 11.0. The van der Waals surface area contributed by atoms with Gasteiger partial charge < -0.3 is 15.5 Å². The van der Waals surface area contributed by atoms with Gasteiger partial charge in [0, 0.05) is 43.0 Å². The van der Waals surface area contributed by atoms with Gasteiger partial charge in [-0.05, 0) is 94.6 Å². The lowest BCUT2D eigenvalue weighted by atomic mass is 9.48. The van der Waals surface area contributed by atoms with E-state index in [0.717, 1.165) is 36.5 Å². The quantitative estimate of drug-likeness (QED) is 0.537. The molecule has 0 spiro atoms. The molecule has 164 valence electrons. The Labute approximate surface area is 179 Å². The number of rotatable bonds is 5. The van der Waals surface area contributed by atoms with Crippen LogP contribution in [-0.4, -0.2) is 36.1 Å². The molecule has 4 bridgehead atoms. The Hall–Kier alpha value is -1.82. The molecule has 1 aliphatic heterocycles. The first-order valence-corrected chi connectivity index (χ1v) is 11.9. The smallest absolute Gasteiger partial charge is 0.292 e. The fraction of sp³-hybridized carbons (Fsp3) is 0.750. The van der Waals surface area contributed by atoms with Gasteiger partial charge in [-0.25, -0.2) is 0 Å². The Bertz CT molecular complexity index is 780. The van der Waals surface area contributed by atoms with Crippen molar-refractivity contribution in [3.8, 4) is 0 Å². The van der Waals surface area contributed by atoms with E-state index in [1.807, 2.05) is 12.1 Å². The lowest BCUT2D eigenvalue weighted by Gasteiger charge is -2.59. The van der Waals surface area contributed by atoms with Gasteiger partial charge in [-0.1, -0.05) is 0 Å². The van der Waals surface area contributed by atoms with Crippen molar-refractivity contribution in [3.05, 3.63) is 28.3 Å². The van der Waals surface area contributed by atoms with Crippen LogP contribution in [0.25, 0.3) is 0 Å². The zero-order valence-electron chi connectivity index (χ0n) is 18.6. The molecule has 1 saturated heterocycles. The molecule has 1 heterocycles. The van der Waals surface area contributed by atoms with Crippen molar-refractivity contribution in [1.82, 2.24) is 5.32 Å². The maximum absolute atomic E-state index is 11.8. The van der Waals surface area contributed by atoms with Crippen molar-refractivity contribution in [3.63, 3.8) is 0 Å². The number of nitrogens with zero attached hydrogens (tertiary/aromatic N) is 2. The fourth-order valence-electron chi connectivity index (χ4n) is 7.63. The third kappa shape index (κ3) is 3.57. The first kappa shape index (κ1) is 20.1.